The van der Waals surface area contributed by atoms with Crippen LogP contribution in [-0.4, -0.2) is 18.2 Å². The Morgan fingerprint density at radius 3 is 1.87 bits per heavy atom. The summed E-state index contributed by atoms with van der Waals surface area (Å²) in [6.45, 7) is 6.01. The smallest absolute Gasteiger partial charge is 0.185 e. The highest BCUT2D eigenvalue weighted by Gasteiger charge is 2.23. The number of pyridine rings is 1. The molecule has 0 aliphatic carbocycles. The molecule has 3 rings (SSSR count). The molecule has 2 heterocycles. The summed E-state index contributed by atoms with van der Waals surface area (Å²) in [5, 5.41) is 0. The number of ether oxygens (including phenoxy) is 2. The number of aromatic nitrogens is 1. The van der Waals surface area contributed by atoms with Crippen molar-refractivity contribution in [3.8, 4) is 11.3 Å². The number of unbranched alkanes of at least 4 members (excludes halogenated alkanes) is 14. The van der Waals surface area contributed by atoms with Crippen LogP contribution >= 0.6 is 0 Å². The Labute approximate surface area is 238 Å². The molecule has 0 atom stereocenters. The highest BCUT2D eigenvalue weighted by Crippen LogP contribution is 2.29. The molecule has 0 radical (unpaired) electrons. The molecule has 4 heteroatoms. The van der Waals surface area contributed by atoms with Crippen LogP contribution < -0.4 is 0 Å². The highest BCUT2D eigenvalue weighted by atomic mass is 19.1. The van der Waals surface area contributed by atoms with Crippen LogP contribution in [0.15, 0.2) is 36.5 Å². The molecule has 0 N–H and O–H groups in total. The third kappa shape index (κ3) is 12.1. The first-order chi connectivity index (χ1) is 19.2. The van der Waals surface area contributed by atoms with Gasteiger partial charge in [-0.1, -0.05) is 128 Å². The van der Waals surface area contributed by atoms with Crippen LogP contribution in [0.1, 0.15) is 140 Å². The van der Waals surface area contributed by atoms with Gasteiger partial charge in [-0.2, -0.15) is 0 Å². The Morgan fingerprint density at radius 2 is 1.31 bits per heavy atom. The summed E-state index contributed by atoms with van der Waals surface area (Å²) in [5.41, 5.74) is 3.33. The van der Waals surface area contributed by atoms with Gasteiger partial charge in [0.15, 0.2) is 6.29 Å². The predicted octanol–water partition coefficient (Wildman–Crippen LogP) is 10.8. The standard InChI is InChI=1S/C35H54FNO2/c1-3-5-7-9-11-13-15-17-19-29-27-38-35(39-28-29)32-23-24-34(37-26-32)31-22-21-30(33(36)25-31)20-18-16-14-12-10-8-6-4-2/h21-26,29,35H,3-20,27-28H2,1-2H3. The van der Waals surface area contributed by atoms with E-state index in [1.54, 1.807) is 6.07 Å². The van der Waals surface area contributed by atoms with Gasteiger partial charge in [-0.05, 0) is 37.0 Å². The van der Waals surface area contributed by atoms with E-state index in [4.69, 9.17) is 9.47 Å². The van der Waals surface area contributed by atoms with Crippen LogP contribution in [0.2, 0.25) is 0 Å². The van der Waals surface area contributed by atoms with Crippen molar-refractivity contribution in [2.24, 2.45) is 5.92 Å². The van der Waals surface area contributed by atoms with Crippen molar-refractivity contribution in [3.63, 3.8) is 0 Å². The summed E-state index contributed by atoms with van der Waals surface area (Å²) in [4.78, 5) is 4.60. The van der Waals surface area contributed by atoms with E-state index in [1.165, 1.54) is 103 Å². The number of rotatable bonds is 20. The fraction of sp³-hybridized carbons (Fsp3) is 0.686. The molecule has 1 saturated heterocycles. The molecule has 0 unspecified atom stereocenters. The van der Waals surface area contributed by atoms with Crippen molar-refractivity contribution >= 4 is 0 Å². The molecule has 39 heavy (non-hydrogen) atoms. The van der Waals surface area contributed by atoms with E-state index in [9.17, 15) is 4.39 Å². The second kappa shape index (κ2) is 19.3. The molecule has 1 aliphatic heterocycles. The van der Waals surface area contributed by atoms with Gasteiger partial charge in [0.1, 0.15) is 5.82 Å². The largest absolute Gasteiger partial charge is 0.348 e. The minimum Gasteiger partial charge on any atom is -0.348 e. The Bertz CT molecular complexity index is 892. The van der Waals surface area contributed by atoms with E-state index < -0.39 is 0 Å². The van der Waals surface area contributed by atoms with Crippen molar-refractivity contribution < 1.29 is 13.9 Å². The molecule has 0 spiro atoms. The number of halogens is 1. The Hall–Kier alpha value is -1.78. The molecule has 0 bridgehead atoms. The third-order valence-electron chi connectivity index (χ3n) is 8.14. The van der Waals surface area contributed by atoms with Crippen LogP contribution in [-0.2, 0) is 15.9 Å². The van der Waals surface area contributed by atoms with Crippen molar-refractivity contribution in [3.05, 3.63) is 53.5 Å². The summed E-state index contributed by atoms with van der Waals surface area (Å²) >= 11 is 0. The summed E-state index contributed by atoms with van der Waals surface area (Å²) in [6.07, 6.45) is 24.3. The molecule has 1 aromatic heterocycles. The zero-order valence-electron chi connectivity index (χ0n) is 24.9. The second-order valence-electron chi connectivity index (χ2n) is 11.6. The number of nitrogens with zero attached hydrogens (tertiary/aromatic N) is 1. The number of benzene rings is 1. The van der Waals surface area contributed by atoms with Gasteiger partial charge >= 0.3 is 0 Å². The molecular formula is C35H54FNO2. The SMILES string of the molecule is CCCCCCCCCCc1ccc(-c2ccc(C3OCC(CCCCCCCCCC)CO3)cn2)cc1F. The average Bonchev–Trinajstić information content (AvgIpc) is 2.97. The van der Waals surface area contributed by atoms with Crippen LogP contribution in [0.25, 0.3) is 11.3 Å². The summed E-state index contributed by atoms with van der Waals surface area (Å²) in [7, 11) is 0. The van der Waals surface area contributed by atoms with Crippen molar-refractivity contribution in [2.45, 2.75) is 136 Å². The van der Waals surface area contributed by atoms with E-state index in [0.717, 1.165) is 48.4 Å². The molecule has 0 saturated carbocycles. The predicted molar refractivity (Wildman–Crippen MR) is 161 cm³/mol. The monoisotopic (exact) mass is 539 g/mol. The second-order valence-corrected chi connectivity index (χ2v) is 11.6. The lowest BCUT2D eigenvalue weighted by Crippen LogP contribution is -2.27. The normalized spacial score (nSPS) is 17.5. The van der Waals surface area contributed by atoms with E-state index in [0.29, 0.717) is 5.92 Å². The van der Waals surface area contributed by atoms with Gasteiger partial charge in [0.2, 0.25) is 0 Å². The highest BCUT2D eigenvalue weighted by molar-refractivity contribution is 5.59. The first kappa shape index (κ1) is 31.7. The van der Waals surface area contributed by atoms with Crippen molar-refractivity contribution in [1.29, 1.82) is 0 Å². The van der Waals surface area contributed by atoms with Gasteiger partial charge in [-0.15, -0.1) is 0 Å². The number of aryl methyl sites for hydroxylation is 1. The maximum atomic E-state index is 14.8. The van der Waals surface area contributed by atoms with Gasteiger partial charge in [-0.25, -0.2) is 4.39 Å². The molecule has 1 fully saturated rings. The zero-order valence-corrected chi connectivity index (χ0v) is 24.9. The molecule has 1 aliphatic rings. The minimum absolute atomic E-state index is 0.122. The Morgan fingerprint density at radius 1 is 0.718 bits per heavy atom. The summed E-state index contributed by atoms with van der Waals surface area (Å²) in [6, 6.07) is 9.50. The average molecular weight is 540 g/mol. The van der Waals surface area contributed by atoms with Gasteiger partial charge in [0.05, 0.1) is 18.9 Å². The van der Waals surface area contributed by atoms with Gasteiger partial charge in [0, 0.05) is 23.2 Å². The van der Waals surface area contributed by atoms with Crippen LogP contribution in [0.5, 0.6) is 0 Å². The van der Waals surface area contributed by atoms with Gasteiger partial charge < -0.3 is 9.47 Å². The maximum Gasteiger partial charge on any atom is 0.185 e. The van der Waals surface area contributed by atoms with E-state index >= 15 is 0 Å². The summed E-state index contributed by atoms with van der Waals surface area (Å²) < 4.78 is 26.9. The molecule has 0 amide bonds. The molecule has 2 aromatic rings. The quantitative estimate of drug-likeness (QED) is 0.157. The lowest BCUT2D eigenvalue weighted by molar-refractivity contribution is -0.206. The topological polar surface area (TPSA) is 31.4 Å². The van der Waals surface area contributed by atoms with Crippen molar-refractivity contribution in [2.75, 3.05) is 13.2 Å². The number of hydrogen-bond donors (Lipinski definition) is 0. The molecular weight excluding hydrogens is 485 g/mol. The molecule has 1 aromatic carbocycles. The first-order valence-corrected chi connectivity index (χ1v) is 16.2. The maximum absolute atomic E-state index is 14.8. The fourth-order valence-electron chi connectivity index (χ4n) is 5.54. The molecule has 3 nitrogen and oxygen atoms in total. The lowest BCUT2D eigenvalue weighted by atomic mass is 10.0. The van der Waals surface area contributed by atoms with E-state index in [1.807, 2.05) is 30.5 Å². The van der Waals surface area contributed by atoms with E-state index in [-0.39, 0.29) is 12.1 Å². The third-order valence-corrected chi connectivity index (χ3v) is 8.14. The van der Waals surface area contributed by atoms with Crippen LogP contribution in [0.3, 0.4) is 0 Å². The van der Waals surface area contributed by atoms with Crippen molar-refractivity contribution in [1.82, 2.24) is 4.98 Å². The number of hydrogen-bond acceptors (Lipinski definition) is 3. The van der Waals surface area contributed by atoms with E-state index in [2.05, 4.69) is 18.8 Å². The van der Waals surface area contributed by atoms with Gasteiger partial charge in [-0.3, -0.25) is 4.98 Å². The van der Waals surface area contributed by atoms with Crippen LogP contribution in [0, 0.1) is 11.7 Å². The zero-order chi connectivity index (χ0) is 27.5. The summed E-state index contributed by atoms with van der Waals surface area (Å²) in [5.74, 6) is 0.365. The first-order valence-electron chi connectivity index (χ1n) is 16.2. The molecule has 218 valence electrons. The Balaban J connectivity index is 1.34. The minimum atomic E-state index is -0.355. The lowest BCUT2D eigenvalue weighted by Gasteiger charge is -2.29. The van der Waals surface area contributed by atoms with Gasteiger partial charge in [0.25, 0.3) is 0 Å². The Kier molecular flexibility index (Phi) is 15.7. The van der Waals surface area contributed by atoms with Crippen LogP contribution in [0.4, 0.5) is 4.39 Å². The fourth-order valence-corrected chi connectivity index (χ4v) is 5.54.